The van der Waals surface area contributed by atoms with Gasteiger partial charge in [0.25, 0.3) is 0 Å². The van der Waals surface area contributed by atoms with Crippen LogP contribution in [0.4, 0.5) is 0 Å². The van der Waals surface area contributed by atoms with Crippen LogP contribution in [0.5, 0.6) is 0 Å². The van der Waals surface area contributed by atoms with Gasteiger partial charge in [-0.25, -0.2) is 0 Å². The highest BCUT2D eigenvalue weighted by molar-refractivity contribution is 6.91. The van der Waals surface area contributed by atoms with Crippen molar-refractivity contribution < 1.29 is 0 Å². The van der Waals surface area contributed by atoms with Crippen molar-refractivity contribution in [1.29, 1.82) is 0 Å². The summed E-state index contributed by atoms with van der Waals surface area (Å²) in [6, 6.07) is 21.6. The van der Waals surface area contributed by atoms with Crippen molar-refractivity contribution in [3.8, 4) is 0 Å². The Morgan fingerprint density at radius 1 is 0.900 bits per heavy atom. The molecule has 2 rings (SSSR count). The summed E-state index contributed by atoms with van der Waals surface area (Å²) in [4.78, 5) is 0. The van der Waals surface area contributed by atoms with Crippen LogP contribution in [0, 0.1) is 0 Å². The Bertz CT molecular complexity index is 540. The molecule has 0 aromatic heterocycles. The summed E-state index contributed by atoms with van der Waals surface area (Å²) in [5.74, 6) is 0. The van der Waals surface area contributed by atoms with Gasteiger partial charge in [-0.3, -0.25) is 0 Å². The predicted molar refractivity (Wildman–Crippen MR) is 93.1 cm³/mol. The summed E-state index contributed by atoms with van der Waals surface area (Å²) < 4.78 is 0. The van der Waals surface area contributed by atoms with Gasteiger partial charge in [0.2, 0.25) is 0 Å². The zero-order chi connectivity index (χ0) is 14.4. The maximum Gasteiger partial charge on any atom is 0.0873 e. The second kappa shape index (κ2) is 6.71. The van der Waals surface area contributed by atoms with E-state index in [1.807, 2.05) is 0 Å². The summed E-state index contributed by atoms with van der Waals surface area (Å²) in [6.07, 6.45) is 5.91. The number of benzene rings is 2. The van der Waals surface area contributed by atoms with Crippen molar-refractivity contribution in [1.82, 2.24) is 0 Å². The minimum absolute atomic E-state index is 0.671. The van der Waals surface area contributed by atoms with Crippen molar-refractivity contribution in [3.63, 3.8) is 0 Å². The van der Waals surface area contributed by atoms with Crippen LogP contribution >= 0.6 is 0 Å². The number of allylic oxidation sites excluding steroid dienone is 1. The summed E-state index contributed by atoms with van der Waals surface area (Å²) in [5.41, 5.74) is 1.97. The molecule has 0 aliphatic carbocycles. The number of rotatable bonds is 5. The van der Waals surface area contributed by atoms with Crippen LogP contribution < -0.4 is 5.19 Å². The standard InChI is InChI=1S/C19H24Si/c1-4-18(16-15-17-11-7-5-8-12-17)20(2,3)19-13-9-6-10-14-19/h5-16,18H,4H2,1-3H3/b16-15+/t18-/m1/s1. The summed E-state index contributed by atoms with van der Waals surface area (Å²) >= 11 is 0. The lowest BCUT2D eigenvalue weighted by Gasteiger charge is -2.30. The van der Waals surface area contributed by atoms with Crippen molar-refractivity contribution in [2.45, 2.75) is 32.0 Å². The summed E-state index contributed by atoms with van der Waals surface area (Å²) in [6.45, 7) is 7.26. The lowest BCUT2D eigenvalue weighted by Crippen LogP contribution is -2.45. The Hall–Kier alpha value is -1.60. The fourth-order valence-electron chi connectivity index (χ4n) is 2.76. The van der Waals surface area contributed by atoms with Crippen LogP contribution in [-0.2, 0) is 0 Å². The second-order valence-electron chi connectivity index (χ2n) is 5.87. The fourth-order valence-corrected chi connectivity index (χ4v) is 5.84. The molecule has 0 heterocycles. The average Bonchev–Trinajstić information content (AvgIpc) is 2.49. The van der Waals surface area contributed by atoms with E-state index in [-0.39, 0.29) is 0 Å². The van der Waals surface area contributed by atoms with Gasteiger partial charge in [-0.05, 0) is 11.1 Å². The molecule has 1 heteroatoms. The van der Waals surface area contributed by atoms with Crippen LogP contribution in [0.25, 0.3) is 6.08 Å². The predicted octanol–water partition coefficient (Wildman–Crippen LogP) is 5.10. The molecule has 20 heavy (non-hydrogen) atoms. The molecule has 0 aliphatic heterocycles. The van der Waals surface area contributed by atoms with Gasteiger partial charge < -0.3 is 0 Å². The molecule has 0 amide bonds. The molecule has 2 aromatic carbocycles. The molecule has 0 radical (unpaired) electrons. The largest absolute Gasteiger partial charge is 0.0873 e. The van der Waals surface area contributed by atoms with E-state index >= 15 is 0 Å². The van der Waals surface area contributed by atoms with Crippen LogP contribution in [0.2, 0.25) is 18.6 Å². The Labute approximate surface area is 124 Å². The second-order valence-corrected chi connectivity index (χ2v) is 10.6. The molecule has 2 aromatic rings. The first-order valence-electron chi connectivity index (χ1n) is 7.43. The van der Waals surface area contributed by atoms with Crippen LogP contribution in [0.3, 0.4) is 0 Å². The van der Waals surface area contributed by atoms with E-state index in [1.165, 1.54) is 12.0 Å². The highest BCUT2D eigenvalue weighted by Crippen LogP contribution is 2.27. The van der Waals surface area contributed by atoms with Gasteiger partial charge in [-0.2, -0.15) is 0 Å². The molecule has 0 saturated heterocycles. The SMILES string of the molecule is CC[C@H](/C=C/c1ccccc1)[Si](C)(C)c1ccccc1. The maximum absolute atomic E-state index is 2.48. The van der Waals surface area contributed by atoms with Gasteiger partial charge in [-0.1, -0.05) is 104 Å². The van der Waals surface area contributed by atoms with Crippen LogP contribution in [0.15, 0.2) is 66.7 Å². The third-order valence-electron chi connectivity index (χ3n) is 4.21. The first-order chi connectivity index (χ1) is 9.64. The molecule has 0 N–H and O–H groups in total. The van der Waals surface area contributed by atoms with Crippen LogP contribution in [-0.4, -0.2) is 8.07 Å². The summed E-state index contributed by atoms with van der Waals surface area (Å²) in [5, 5.41) is 1.55. The van der Waals surface area contributed by atoms with Crippen molar-refractivity contribution in [3.05, 3.63) is 72.3 Å². The molecule has 0 bridgehead atoms. The smallest absolute Gasteiger partial charge is 0.0832 e. The first-order valence-corrected chi connectivity index (χ1v) is 10.5. The van der Waals surface area contributed by atoms with E-state index in [4.69, 9.17) is 0 Å². The van der Waals surface area contributed by atoms with Crippen LogP contribution in [0.1, 0.15) is 18.9 Å². The number of hydrogen-bond acceptors (Lipinski definition) is 0. The Balaban J connectivity index is 2.22. The molecule has 0 nitrogen and oxygen atoms in total. The molecular weight excluding hydrogens is 256 g/mol. The molecule has 0 unspecified atom stereocenters. The van der Waals surface area contributed by atoms with Crippen molar-refractivity contribution >= 4 is 19.3 Å². The third kappa shape index (κ3) is 3.49. The molecule has 1 atom stereocenters. The van der Waals surface area contributed by atoms with Gasteiger partial charge in [-0.15, -0.1) is 0 Å². The zero-order valence-corrected chi connectivity index (χ0v) is 13.7. The van der Waals surface area contributed by atoms with Crippen molar-refractivity contribution in [2.24, 2.45) is 0 Å². The van der Waals surface area contributed by atoms with E-state index in [0.29, 0.717) is 5.54 Å². The number of hydrogen-bond donors (Lipinski definition) is 0. The lowest BCUT2D eigenvalue weighted by molar-refractivity contribution is 0.923. The zero-order valence-electron chi connectivity index (χ0n) is 12.7. The van der Waals surface area contributed by atoms with E-state index in [9.17, 15) is 0 Å². The van der Waals surface area contributed by atoms with Gasteiger partial charge in [0.1, 0.15) is 0 Å². The normalized spacial score (nSPS) is 13.6. The average molecular weight is 280 g/mol. The van der Waals surface area contributed by atoms with Gasteiger partial charge in [0.15, 0.2) is 0 Å². The molecular formula is C19H24Si. The quantitative estimate of drug-likeness (QED) is 0.669. The highest BCUT2D eigenvalue weighted by Gasteiger charge is 2.30. The van der Waals surface area contributed by atoms with E-state index in [0.717, 1.165) is 0 Å². The maximum atomic E-state index is 2.48. The van der Waals surface area contributed by atoms with E-state index in [1.54, 1.807) is 5.19 Å². The minimum Gasteiger partial charge on any atom is -0.0832 e. The molecule has 104 valence electrons. The fraction of sp³-hybridized carbons (Fsp3) is 0.263. The van der Waals surface area contributed by atoms with Crippen molar-refractivity contribution in [2.75, 3.05) is 0 Å². The Morgan fingerprint density at radius 3 is 2.00 bits per heavy atom. The highest BCUT2D eigenvalue weighted by atomic mass is 28.3. The van der Waals surface area contributed by atoms with Gasteiger partial charge in [0.05, 0.1) is 8.07 Å². The third-order valence-corrected chi connectivity index (χ3v) is 8.48. The lowest BCUT2D eigenvalue weighted by atomic mass is 10.2. The molecule has 0 saturated carbocycles. The Kier molecular flexibility index (Phi) is 4.97. The van der Waals surface area contributed by atoms with E-state index < -0.39 is 8.07 Å². The first kappa shape index (κ1) is 14.8. The van der Waals surface area contributed by atoms with E-state index in [2.05, 4.69) is 92.8 Å². The summed E-state index contributed by atoms with van der Waals surface area (Å²) in [7, 11) is -1.45. The molecule has 0 fully saturated rings. The molecule has 0 spiro atoms. The minimum atomic E-state index is -1.45. The van der Waals surface area contributed by atoms with Gasteiger partial charge >= 0.3 is 0 Å². The topological polar surface area (TPSA) is 0 Å². The van der Waals surface area contributed by atoms with Gasteiger partial charge in [0, 0.05) is 0 Å². The monoisotopic (exact) mass is 280 g/mol. The molecule has 0 aliphatic rings. The Morgan fingerprint density at radius 2 is 1.45 bits per heavy atom.